The van der Waals surface area contributed by atoms with E-state index in [2.05, 4.69) is 103 Å². The summed E-state index contributed by atoms with van der Waals surface area (Å²) >= 11 is 0. The summed E-state index contributed by atoms with van der Waals surface area (Å²) in [6.07, 6.45) is 1.95. The monoisotopic (exact) mass is 347 g/mol. The second-order valence-corrected chi connectivity index (χ2v) is 10.1. The van der Waals surface area contributed by atoms with E-state index in [1.807, 2.05) is 6.20 Å². The molecule has 1 heterocycles. The number of aromatic nitrogens is 1. The zero-order valence-corrected chi connectivity index (χ0v) is 18.1. The van der Waals surface area contributed by atoms with Crippen LogP contribution in [0.3, 0.4) is 0 Å². The maximum Gasteiger partial charge on any atom is 0.0955 e. The fourth-order valence-electron chi connectivity index (χ4n) is 3.42. The van der Waals surface area contributed by atoms with Gasteiger partial charge in [0, 0.05) is 17.1 Å². The van der Waals surface area contributed by atoms with Gasteiger partial charge >= 0.3 is 0 Å². The summed E-state index contributed by atoms with van der Waals surface area (Å²) in [5.74, 6) is 0.530. The highest BCUT2D eigenvalue weighted by atomic mass is 14.7. The topological polar surface area (TPSA) is 12.9 Å². The molecule has 2 aromatic carbocycles. The molecule has 0 radical (unpaired) electrons. The fraction of sp³-hybridized carbons (Fsp3) is 0.250. The Labute approximate surface area is 169 Å². The molecule has 3 rings (SSSR count). The first-order valence-corrected chi connectivity index (χ1v) is 10.0. The van der Waals surface area contributed by atoms with Crippen LogP contribution in [-0.2, 0) is 10.2 Å². The summed E-state index contributed by atoms with van der Waals surface area (Å²) in [6.45, 7) is 4.48. The van der Waals surface area contributed by atoms with E-state index < -0.39 is 0 Å². The van der Waals surface area contributed by atoms with Crippen LogP contribution < -0.4 is 0 Å². The van der Waals surface area contributed by atoms with Crippen molar-refractivity contribution in [2.75, 3.05) is 0 Å². The van der Waals surface area contributed by atoms with Crippen molar-refractivity contribution in [1.29, 1.82) is 0 Å². The number of benzene rings is 2. The molecular formula is C20H27B6N. The Morgan fingerprint density at radius 3 is 1.89 bits per heavy atom. The van der Waals surface area contributed by atoms with Crippen LogP contribution in [0.2, 0.25) is 0 Å². The lowest BCUT2D eigenvalue weighted by Gasteiger charge is -2.26. The molecule has 1 nitrogen and oxygen atoms in total. The molecule has 0 spiro atoms. The molecule has 3 aromatic rings. The maximum absolute atomic E-state index is 4.80. The molecule has 0 aliphatic carbocycles. The first-order valence-electron chi connectivity index (χ1n) is 10.0. The quantitative estimate of drug-likeness (QED) is 0.555. The van der Waals surface area contributed by atoms with Gasteiger partial charge < -0.3 is 0 Å². The summed E-state index contributed by atoms with van der Waals surface area (Å²) in [6, 6.07) is 15.9. The highest BCUT2D eigenvalue weighted by Crippen LogP contribution is 2.33. The van der Waals surface area contributed by atoms with Gasteiger partial charge in [0.2, 0.25) is 0 Å². The molecule has 0 atom stereocenters. The number of hydrogen-bond donors (Lipinski definition) is 0. The molecule has 0 unspecified atom stereocenters. The Hall–Kier alpha value is -1.76. The summed E-state index contributed by atoms with van der Waals surface area (Å²) in [5.41, 5.74) is 6.40. The predicted octanol–water partition coefficient (Wildman–Crippen LogP) is -0.956. The number of fused-ring (bicyclic) bond motifs is 1. The van der Waals surface area contributed by atoms with Gasteiger partial charge in [0.05, 0.1) is 52.8 Å². The minimum Gasteiger partial charge on any atom is -0.256 e. The molecule has 0 amide bonds. The minimum absolute atomic E-state index is 0.103. The molecule has 0 bridgehead atoms. The molecular weight excluding hydrogens is 319 g/mol. The lowest BCUT2D eigenvalue weighted by Crippen LogP contribution is -2.30. The Bertz CT molecular complexity index is 954. The molecule has 1 aromatic heterocycles. The SMILES string of the molecule is BC(B)(B)c1cc(-c2nccc3cc(C(C)C)ccc23)cc(C(B)(B)B)c1. The highest BCUT2D eigenvalue weighted by molar-refractivity contribution is 6.60. The molecule has 7 heteroatoms. The third-order valence-corrected chi connectivity index (χ3v) is 5.39. The Kier molecular flexibility index (Phi) is 5.18. The zero-order chi connectivity index (χ0) is 20.0. The molecule has 130 valence electrons. The van der Waals surface area contributed by atoms with Crippen molar-refractivity contribution >= 4 is 57.9 Å². The molecule has 0 saturated carbocycles. The average molecular weight is 346 g/mol. The van der Waals surface area contributed by atoms with Crippen LogP contribution in [0.1, 0.15) is 36.5 Å². The standard InChI is InChI=1S/C20H27B6N/c1-11(2)12-3-4-17-13(7-12)5-6-27-18(17)14-8-15(19(21,22)23)10-16(9-14)20(24,25)26/h3-11H,21-26H2,1-2H3. The van der Waals surface area contributed by atoms with Gasteiger partial charge in [-0.2, -0.15) is 0 Å². The lowest BCUT2D eigenvalue weighted by atomic mass is 9.37. The number of rotatable bonds is 4. The van der Waals surface area contributed by atoms with Crippen molar-refractivity contribution in [3.8, 4) is 11.3 Å². The van der Waals surface area contributed by atoms with Crippen molar-refractivity contribution in [3.05, 3.63) is 65.4 Å². The van der Waals surface area contributed by atoms with E-state index in [-0.39, 0.29) is 10.2 Å². The lowest BCUT2D eigenvalue weighted by molar-refractivity contribution is 0.869. The third-order valence-electron chi connectivity index (χ3n) is 5.39. The van der Waals surface area contributed by atoms with E-state index in [9.17, 15) is 0 Å². The zero-order valence-electron chi connectivity index (χ0n) is 18.1. The largest absolute Gasteiger partial charge is 0.256 e. The van der Waals surface area contributed by atoms with E-state index in [1.54, 1.807) is 0 Å². The first-order chi connectivity index (χ1) is 12.5. The Morgan fingerprint density at radius 2 is 1.37 bits per heavy atom. The van der Waals surface area contributed by atoms with Gasteiger partial charge in [-0.05, 0) is 22.9 Å². The highest BCUT2D eigenvalue weighted by Gasteiger charge is 2.21. The van der Waals surface area contributed by atoms with Gasteiger partial charge in [0.1, 0.15) is 0 Å². The van der Waals surface area contributed by atoms with E-state index >= 15 is 0 Å². The number of pyridine rings is 1. The van der Waals surface area contributed by atoms with Crippen molar-refractivity contribution in [3.63, 3.8) is 0 Å². The van der Waals surface area contributed by atoms with E-state index in [4.69, 9.17) is 4.98 Å². The molecule has 0 aliphatic rings. The van der Waals surface area contributed by atoms with Crippen molar-refractivity contribution in [1.82, 2.24) is 4.98 Å². The molecule has 0 saturated heterocycles. The second kappa shape index (κ2) is 7.00. The van der Waals surface area contributed by atoms with Gasteiger partial charge in [0.15, 0.2) is 0 Å². The van der Waals surface area contributed by atoms with Crippen LogP contribution in [0.15, 0.2) is 48.7 Å². The van der Waals surface area contributed by atoms with Crippen LogP contribution in [0.4, 0.5) is 0 Å². The molecule has 0 fully saturated rings. The van der Waals surface area contributed by atoms with Crippen LogP contribution in [-0.4, -0.2) is 52.1 Å². The Morgan fingerprint density at radius 1 is 0.778 bits per heavy atom. The van der Waals surface area contributed by atoms with E-state index in [0.717, 1.165) is 5.69 Å². The van der Waals surface area contributed by atoms with Gasteiger partial charge in [-0.1, -0.05) is 71.6 Å². The average Bonchev–Trinajstić information content (AvgIpc) is 2.58. The van der Waals surface area contributed by atoms with E-state index in [1.165, 1.54) is 33.0 Å². The molecule has 0 aliphatic heterocycles. The number of nitrogens with zero attached hydrogens (tertiary/aromatic N) is 1. The van der Waals surface area contributed by atoms with Crippen LogP contribution in [0.5, 0.6) is 0 Å². The number of hydrogen-bond acceptors (Lipinski definition) is 1. The predicted molar refractivity (Wildman–Crippen MR) is 136 cm³/mol. The van der Waals surface area contributed by atoms with Crippen molar-refractivity contribution < 1.29 is 0 Å². The summed E-state index contributed by atoms with van der Waals surface area (Å²) < 4.78 is 0. The van der Waals surface area contributed by atoms with Crippen LogP contribution >= 0.6 is 0 Å². The Balaban J connectivity index is 2.27. The summed E-state index contributed by atoms with van der Waals surface area (Å²) in [4.78, 5) is 4.80. The first kappa shape index (κ1) is 20.0. The normalized spacial score (nSPS) is 12.6. The summed E-state index contributed by atoms with van der Waals surface area (Å²) in [7, 11) is 13.7. The molecule has 0 N–H and O–H groups in total. The van der Waals surface area contributed by atoms with Gasteiger partial charge in [0.25, 0.3) is 0 Å². The fourth-order valence-corrected chi connectivity index (χ4v) is 3.42. The molecule has 27 heavy (non-hydrogen) atoms. The van der Waals surface area contributed by atoms with Gasteiger partial charge in [-0.15, -0.1) is 0 Å². The third kappa shape index (κ3) is 4.23. The van der Waals surface area contributed by atoms with Crippen molar-refractivity contribution in [2.45, 2.75) is 30.0 Å². The smallest absolute Gasteiger partial charge is 0.0955 e. The van der Waals surface area contributed by atoms with Crippen molar-refractivity contribution in [2.24, 2.45) is 0 Å². The van der Waals surface area contributed by atoms with Crippen LogP contribution in [0.25, 0.3) is 22.0 Å². The summed E-state index contributed by atoms with van der Waals surface area (Å²) in [5, 5.41) is 2.70. The minimum atomic E-state index is 0.103. The van der Waals surface area contributed by atoms with Crippen LogP contribution in [0, 0.1) is 0 Å². The van der Waals surface area contributed by atoms with Gasteiger partial charge in [-0.25, -0.2) is 0 Å². The second-order valence-electron chi connectivity index (χ2n) is 10.1. The van der Waals surface area contributed by atoms with E-state index in [0.29, 0.717) is 5.92 Å². The van der Waals surface area contributed by atoms with Gasteiger partial charge in [-0.3, -0.25) is 4.98 Å². The maximum atomic E-state index is 4.80.